The van der Waals surface area contributed by atoms with E-state index in [2.05, 4.69) is 10.2 Å². The van der Waals surface area contributed by atoms with Gasteiger partial charge < -0.3 is 15.0 Å². The second kappa shape index (κ2) is 7.71. The van der Waals surface area contributed by atoms with Crippen LogP contribution < -0.4 is 15.9 Å². The summed E-state index contributed by atoms with van der Waals surface area (Å²) in [5.41, 5.74) is 2.96. The summed E-state index contributed by atoms with van der Waals surface area (Å²) >= 11 is 7.89. The number of amides is 1. The quantitative estimate of drug-likeness (QED) is 0.508. The lowest BCUT2D eigenvalue weighted by atomic mass is 10.2. The van der Waals surface area contributed by atoms with Crippen molar-refractivity contribution in [1.29, 1.82) is 0 Å². The highest BCUT2D eigenvalue weighted by Gasteiger charge is 2.22. The fraction of sp³-hybridized carbons (Fsp3) is 0.273. The third kappa shape index (κ3) is 3.31. The Morgan fingerprint density at radius 3 is 2.48 bits per heavy atom. The average molecular weight is 457 g/mol. The molecule has 31 heavy (non-hydrogen) atoms. The topological polar surface area (TPSA) is 68.5 Å². The molecule has 2 aromatic carbocycles. The van der Waals surface area contributed by atoms with Gasteiger partial charge in [0, 0.05) is 37.3 Å². The number of carbonyl (C=O) groups excluding carboxylic acids is 1. The Kier molecular flexibility index (Phi) is 5.00. The summed E-state index contributed by atoms with van der Waals surface area (Å²) in [5.74, 6) is -0.263. The Bertz CT molecular complexity index is 1380. The Labute approximate surface area is 187 Å². The lowest BCUT2D eigenvalue weighted by Crippen LogP contribution is -2.36. The minimum absolute atomic E-state index is 0.112. The number of morpholine rings is 1. The number of anilines is 2. The van der Waals surface area contributed by atoms with Crippen molar-refractivity contribution in [1.82, 2.24) is 9.13 Å². The molecule has 4 aromatic rings. The van der Waals surface area contributed by atoms with Crippen LogP contribution in [-0.4, -0.2) is 41.3 Å². The van der Waals surface area contributed by atoms with E-state index >= 15 is 0 Å². The minimum atomic E-state index is -0.263. The molecule has 160 valence electrons. The van der Waals surface area contributed by atoms with Crippen LogP contribution in [0.5, 0.6) is 0 Å². The first-order chi connectivity index (χ1) is 15.0. The van der Waals surface area contributed by atoms with Gasteiger partial charge in [-0.1, -0.05) is 29.8 Å². The molecular weight excluding hydrogens is 436 g/mol. The molecule has 1 saturated heterocycles. The molecule has 1 amide bonds. The van der Waals surface area contributed by atoms with Crippen molar-refractivity contribution >= 4 is 61.3 Å². The lowest BCUT2D eigenvalue weighted by molar-refractivity contribution is 0.103. The van der Waals surface area contributed by atoms with E-state index in [4.69, 9.17) is 16.3 Å². The molecule has 1 aliphatic heterocycles. The number of nitrogens with one attached hydrogen (secondary N) is 1. The van der Waals surface area contributed by atoms with Gasteiger partial charge in [0.15, 0.2) is 0 Å². The van der Waals surface area contributed by atoms with Gasteiger partial charge in [-0.15, -0.1) is 11.3 Å². The predicted molar refractivity (Wildman–Crippen MR) is 126 cm³/mol. The third-order valence-corrected chi connectivity index (χ3v) is 7.40. The fourth-order valence-electron chi connectivity index (χ4n) is 4.04. The van der Waals surface area contributed by atoms with Crippen molar-refractivity contribution in [3.8, 4) is 0 Å². The zero-order valence-electron chi connectivity index (χ0n) is 17.1. The zero-order valence-corrected chi connectivity index (χ0v) is 18.7. The average Bonchev–Trinajstić information content (AvgIpc) is 3.24. The SMILES string of the molecule is Cn1c(=O)n(C)c2cc(N3CCOCC3)c(NC(=O)c3sc4ccccc4c3Cl)cc21. The number of fused-ring (bicyclic) bond motifs is 2. The van der Waals surface area contributed by atoms with Gasteiger partial charge in [0.2, 0.25) is 0 Å². The molecule has 1 N–H and O–H groups in total. The van der Waals surface area contributed by atoms with Crippen LogP contribution in [0.2, 0.25) is 5.02 Å². The van der Waals surface area contributed by atoms with Gasteiger partial charge >= 0.3 is 5.69 Å². The number of thiophene rings is 1. The largest absolute Gasteiger partial charge is 0.378 e. The molecule has 0 aliphatic carbocycles. The molecule has 0 atom stereocenters. The number of hydrogen-bond acceptors (Lipinski definition) is 5. The molecule has 1 fully saturated rings. The maximum absolute atomic E-state index is 13.2. The molecule has 0 bridgehead atoms. The van der Waals surface area contributed by atoms with Crippen LogP contribution in [0, 0.1) is 0 Å². The zero-order chi connectivity index (χ0) is 21.7. The molecule has 0 radical (unpaired) electrons. The summed E-state index contributed by atoms with van der Waals surface area (Å²) in [4.78, 5) is 28.3. The van der Waals surface area contributed by atoms with Crippen molar-refractivity contribution in [2.24, 2.45) is 14.1 Å². The summed E-state index contributed by atoms with van der Waals surface area (Å²) in [6, 6.07) is 11.5. The van der Waals surface area contributed by atoms with E-state index in [1.165, 1.54) is 11.3 Å². The number of benzene rings is 2. The van der Waals surface area contributed by atoms with Crippen LogP contribution >= 0.6 is 22.9 Å². The number of imidazole rings is 1. The van der Waals surface area contributed by atoms with Crippen molar-refractivity contribution in [2.75, 3.05) is 36.5 Å². The lowest BCUT2D eigenvalue weighted by Gasteiger charge is -2.30. The number of aryl methyl sites for hydroxylation is 2. The molecule has 0 unspecified atom stereocenters. The van der Waals surface area contributed by atoms with Gasteiger partial charge in [0.05, 0.1) is 40.6 Å². The highest BCUT2D eigenvalue weighted by molar-refractivity contribution is 7.21. The number of aromatic nitrogens is 2. The van der Waals surface area contributed by atoms with E-state index in [1.807, 2.05) is 36.4 Å². The summed E-state index contributed by atoms with van der Waals surface area (Å²) < 4.78 is 9.66. The van der Waals surface area contributed by atoms with Gasteiger partial charge in [-0.2, -0.15) is 0 Å². The summed E-state index contributed by atoms with van der Waals surface area (Å²) in [5, 5.41) is 4.38. The van der Waals surface area contributed by atoms with E-state index in [0.717, 1.165) is 26.8 Å². The van der Waals surface area contributed by atoms with Crippen LogP contribution in [0.4, 0.5) is 11.4 Å². The normalized spacial score (nSPS) is 14.5. The molecule has 0 spiro atoms. The minimum Gasteiger partial charge on any atom is -0.378 e. The Balaban J connectivity index is 1.61. The van der Waals surface area contributed by atoms with E-state index < -0.39 is 0 Å². The second-order valence-corrected chi connectivity index (χ2v) is 8.98. The summed E-state index contributed by atoms with van der Waals surface area (Å²) in [6.45, 7) is 2.64. The number of halogens is 1. The van der Waals surface area contributed by atoms with Gasteiger partial charge in [-0.25, -0.2) is 4.79 Å². The first-order valence-electron chi connectivity index (χ1n) is 9.96. The number of nitrogens with zero attached hydrogens (tertiary/aromatic N) is 3. The van der Waals surface area contributed by atoms with Gasteiger partial charge in [-0.05, 0) is 18.2 Å². The molecule has 2 aromatic heterocycles. The first-order valence-corrected chi connectivity index (χ1v) is 11.2. The highest BCUT2D eigenvalue weighted by Crippen LogP contribution is 2.37. The Morgan fingerprint density at radius 1 is 1.10 bits per heavy atom. The van der Waals surface area contributed by atoms with Gasteiger partial charge in [0.25, 0.3) is 5.91 Å². The van der Waals surface area contributed by atoms with Crippen LogP contribution in [0.3, 0.4) is 0 Å². The van der Waals surface area contributed by atoms with Crippen molar-refractivity contribution in [2.45, 2.75) is 0 Å². The van der Waals surface area contributed by atoms with Crippen molar-refractivity contribution < 1.29 is 9.53 Å². The van der Waals surface area contributed by atoms with E-state index in [-0.39, 0.29) is 11.6 Å². The Hall–Kier alpha value is -2.81. The molecular formula is C22H21ClN4O3S. The van der Waals surface area contributed by atoms with Crippen LogP contribution in [0.15, 0.2) is 41.2 Å². The fourth-order valence-corrected chi connectivity index (χ4v) is 5.45. The molecule has 1 aliphatic rings. The first kappa shape index (κ1) is 20.1. The van der Waals surface area contributed by atoms with Crippen molar-refractivity contribution in [3.05, 3.63) is 56.8 Å². The molecule has 5 rings (SSSR count). The number of hydrogen-bond donors (Lipinski definition) is 1. The summed E-state index contributed by atoms with van der Waals surface area (Å²) in [6.07, 6.45) is 0. The second-order valence-electron chi connectivity index (χ2n) is 7.55. The number of rotatable bonds is 3. The molecule has 9 heteroatoms. The summed E-state index contributed by atoms with van der Waals surface area (Å²) in [7, 11) is 3.48. The maximum Gasteiger partial charge on any atom is 0.328 e. The van der Waals surface area contributed by atoms with Gasteiger partial charge in [-0.3, -0.25) is 13.9 Å². The van der Waals surface area contributed by atoms with E-state index in [9.17, 15) is 9.59 Å². The van der Waals surface area contributed by atoms with Crippen molar-refractivity contribution in [3.63, 3.8) is 0 Å². The Morgan fingerprint density at radius 2 is 1.77 bits per heavy atom. The van der Waals surface area contributed by atoms with E-state index in [1.54, 1.807) is 23.2 Å². The van der Waals surface area contributed by atoms with Crippen LogP contribution in [0.1, 0.15) is 9.67 Å². The van der Waals surface area contributed by atoms with Gasteiger partial charge in [0.1, 0.15) is 4.88 Å². The third-order valence-electron chi connectivity index (χ3n) is 5.73. The maximum atomic E-state index is 13.2. The molecule has 3 heterocycles. The standard InChI is InChI=1S/C22H21ClN4O3S/c1-25-16-11-14(24-21(28)20-19(23)13-5-3-4-6-18(13)31-20)15(27-7-9-30-10-8-27)12-17(16)26(2)22(25)29/h3-6,11-12H,7-10H2,1-2H3,(H,24,28). The predicted octanol–water partition coefficient (Wildman–Crippen LogP) is 3.83. The molecule has 7 nitrogen and oxygen atoms in total. The highest BCUT2D eigenvalue weighted by atomic mass is 35.5. The number of carbonyl (C=O) groups is 1. The molecule has 0 saturated carbocycles. The van der Waals surface area contributed by atoms with E-state index in [0.29, 0.717) is 41.9 Å². The van der Waals surface area contributed by atoms with Crippen LogP contribution in [-0.2, 0) is 18.8 Å². The number of ether oxygens (including phenoxy) is 1. The van der Waals surface area contributed by atoms with Crippen LogP contribution in [0.25, 0.3) is 21.1 Å². The monoisotopic (exact) mass is 456 g/mol. The smallest absolute Gasteiger partial charge is 0.328 e.